The van der Waals surface area contributed by atoms with E-state index in [1.807, 2.05) is 12.1 Å². The Morgan fingerprint density at radius 1 is 0.943 bits per heavy atom. The fourth-order valence-corrected chi connectivity index (χ4v) is 4.05. The molecule has 0 radical (unpaired) electrons. The number of phenols is 1. The highest BCUT2D eigenvalue weighted by molar-refractivity contribution is 5.88. The second-order valence-corrected chi connectivity index (χ2v) is 8.53. The van der Waals surface area contributed by atoms with Crippen LogP contribution in [0.3, 0.4) is 0 Å². The molecule has 0 saturated heterocycles. The molecule has 182 valence electrons. The molecule has 35 heavy (non-hydrogen) atoms. The van der Waals surface area contributed by atoms with E-state index in [4.69, 9.17) is 10.5 Å². The molecule has 1 atom stereocenters. The molecule has 4 N–H and O–H groups in total. The molecule has 1 unspecified atom stereocenters. The predicted molar refractivity (Wildman–Crippen MR) is 133 cm³/mol. The molecule has 4 rings (SSSR count). The number of ether oxygens (including phenoxy) is 1. The van der Waals surface area contributed by atoms with E-state index in [1.165, 1.54) is 18.2 Å². The lowest BCUT2D eigenvalue weighted by molar-refractivity contribution is -0.0180. The van der Waals surface area contributed by atoms with Crippen molar-refractivity contribution in [1.29, 1.82) is 0 Å². The number of fused-ring (bicyclic) bond motifs is 1. The molecule has 0 spiro atoms. The standard InChI is InChI=1S/C28H28F2N2O3/c29-28(30,20-5-2-1-3-6-20)17-4-18-35-21-10-7-19(8-11-21)9-14-24(33)22-12-15-25(34)27-23(22)13-16-26(31)32-27/h1-3,5-8,10-13,15-16,24,33-34H,4,9,14,17-18H2,(H2,31,32). The van der Waals surface area contributed by atoms with Crippen molar-refractivity contribution < 1.29 is 23.7 Å². The van der Waals surface area contributed by atoms with E-state index in [2.05, 4.69) is 4.98 Å². The lowest BCUT2D eigenvalue weighted by Crippen LogP contribution is -2.14. The Labute approximate surface area is 202 Å². The molecular formula is C28H28F2N2O3. The van der Waals surface area contributed by atoms with Crippen molar-refractivity contribution in [2.45, 2.75) is 37.7 Å². The summed E-state index contributed by atoms with van der Waals surface area (Å²) in [5.41, 5.74) is 7.79. The van der Waals surface area contributed by atoms with Gasteiger partial charge >= 0.3 is 0 Å². The number of aliphatic hydroxyl groups is 1. The summed E-state index contributed by atoms with van der Waals surface area (Å²) in [7, 11) is 0. The lowest BCUT2D eigenvalue weighted by Gasteiger charge is -2.17. The van der Waals surface area contributed by atoms with E-state index in [-0.39, 0.29) is 30.8 Å². The van der Waals surface area contributed by atoms with E-state index < -0.39 is 12.0 Å². The Bertz CT molecular complexity index is 1260. The van der Waals surface area contributed by atoms with Crippen molar-refractivity contribution in [2.75, 3.05) is 12.3 Å². The van der Waals surface area contributed by atoms with Crippen LogP contribution in [-0.2, 0) is 12.3 Å². The molecule has 0 saturated carbocycles. The largest absolute Gasteiger partial charge is 0.506 e. The molecule has 1 heterocycles. The first-order valence-electron chi connectivity index (χ1n) is 11.5. The van der Waals surface area contributed by atoms with Crippen LogP contribution in [0.15, 0.2) is 78.9 Å². The van der Waals surface area contributed by atoms with Crippen LogP contribution in [0.25, 0.3) is 10.9 Å². The fraction of sp³-hybridized carbons (Fsp3) is 0.250. The Hall–Kier alpha value is -3.71. The zero-order chi connectivity index (χ0) is 24.8. The number of halogens is 2. The molecule has 0 aliphatic rings. The van der Waals surface area contributed by atoms with Crippen molar-refractivity contribution in [2.24, 2.45) is 0 Å². The maximum atomic E-state index is 14.2. The van der Waals surface area contributed by atoms with Gasteiger partial charge in [-0.3, -0.25) is 0 Å². The Morgan fingerprint density at radius 3 is 2.43 bits per heavy atom. The predicted octanol–water partition coefficient (Wildman–Crippen LogP) is 6.14. The zero-order valence-corrected chi connectivity index (χ0v) is 19.2. The monoisotopic (exact) mass is 478 g/mol. The number of benzene rings is 3. The minimum Gasteiger partial charge on any atom is -0.506 e. The summed E-state index contributed by atoms with van der Waals surface area (Å²) >= 11 is 0. The normalized spacial score (nSPS) is 12.5. The SMILES string of the molecule is Nc1ccc2c(C(O)CCc3ccc(OCCCC(F)(F)c4ccccc4)cc3)ccc(O)c2n1. The van der Waals surface area contributed by atoms with Gasteiger partial charge in [-0.2, -0.15) is 0 Å². The average Bonchev–Trinajstić information content (AvgIpc) is 2.87. The van der Waals surface area contributed by atoms with Crippen LogP contribution in [0.4, 0.5) is 14.6 Å². The van der Waals surface area contributed by atoms with E-state index >= 15 is 0 Å². The molecule has 0 aliphatic carbocycles. The van der Waals surface area contributed by atoms with Crippen LogP contribution in [0, 0.1) is 0 Å². The highest BCUT2D eigenvalue weighted by Gasteiger charge is 2.30. The van der Waals surface area contributed by atoms with Crippen molar-refractivity contribution in [1.82, 2.24) is 4.98 Å². The molecule has 0 amide bonds. The third-order valence-electron chi connectivity index (χ3n) is 5.98. The van der Waals surface area contributed by atoms with Crippen molar-refractivity contribution in [3.63, 3.8) is 0 Å². The lowest BCUT2D eigenvalue weighted by atomic mass is 9.97. The average molecular weight is 479 g/mol. The van der Waals surface area contributed by atoms with Crippen LogP contribution < -0.4 is 10.5 Å². The number of nitrogens with two attached hydrogens (primary N) is 1. The van der Waals surface area contributed by atoms with Crippen molar-refractivity contribution in [3.05, 3.63) is 95.6 Å². The van der Waals surface area contributed by atoms with Gasteiger partial charge in [0.1, 0.15) is 22.8 Å². The van der Waals surface area contributed by atoms with E-state index in [1.54, 1.807) is 48.5 Å². The highest BCUT2D eigenvalue weighted by Crippen LogP contribution is 2.33. The second-order valence-electron chi connectivity index (χ2n) is 8.53. The van der Waals surface area contributed by atoms with Gasteiger partial charge in [0, 0.05) is 17.4 Å². The van der Waals surface area contributed by atoms with Crippen LogP contribution in [0.5, 0.6) is 11.5 Å². The van der Waals surface area contributed by atoms with E-state index in [0.717, 1.165) is 5.56 Å². The summed E-state index contributed by atoms with van der Waals surface area (Å²) in [5, 5.41) is 21.5. The number of aryl methyl sites for hydroxylation is 1. The molecule has 5 nitrogen and oxygen atoms in total. The molecule has 7 heteroatoms. The second kappa shape index (κ2) is 10.7. The number of aromatic hydroxyl groups is 1. The Morgan fingerprint density at radius 2 is 1.69 bits per heavy atom. The summed E-state index contributed by atoms with van der Waals surface area (Å²) in [6, 6.07) is 21.8. The number of nitrogen functional groups attached to an aromatic ring is 1. The van der Waals surface area contributed by atoms with Crippen LogP contribution in [0.2, 0.25) is 0 Å². The third kappa shape index (κ3) is 6.05. The topological polar surface area (TPSA) is 88.6 Å². The maximum absolute atomic E-state index is 14.2. The maximum Gasteiger partial charge on any atom is 0.273 e. The van der Waals surface area contributed by atoms with E-state index in [0.29, 0.717) is 40.9 Å². The van der Waals surface area contributed by atoms with Gasteiger partial charge in [0.25, 0.3) is 5.92 Å². The molecular weight excluding hydrogens is 450 g/mol. The number of hydrogen-bond donors (Lipinski definition) is 3. The summed E-state index contributed by atoms with van der Waals surface area (Å²) in [4.78, 5) is 4.17. The number of rotatable bonds is 10. The number of aliphatic hydroxyl groups excluding tert-OH is 1. The van der Waals surface area contributed by atoms with Gasteiger partial charge in [-0.05, 0) is 60.7 Å². The van der Waals surface area contributed by atoms with Gasteiger partial charge in [-0.25, -0.2) is 13.8 Å². The van der Waals surface area contributed by atoms with Gasteiger partial charge in [0.05, 0.1) is 12.7 Å². The molecule has 0 fully saturated rings. The van der Waals surface area contributed by atoms with Gasteiger partial charge in [0.15, 0.2) is 0 Å². The minimum atomic E-state index is -2.87. The third-order valence-corrected chi connectivity index (χ3v) is 5.98. The van der Waals surface area contributed by atoms with Crippen LogP contribution >= 0.6 is 0 Å². The number of anilines is 1. The molecule has 0 aliphatic heterocycles. The van der Waals surface area contributed by atoms with E-state index in [9.17, 15) is 19.0 Å². The minimum absolute atomic E-state index is 0.0163. The van der Waals surface area contributed by atoms with Crippen molar-refractivity contribution in [3.8, 4) is 11.5 Å². The zero-order valence-electron chi connectivity index (χ0n) is 19.2. The summed E-state index contributed by atoms with van der Waals surface area (Å²) < 4.78 is 34.1. The number of nitrogens with zero attached hydrogens (tertiary/aromatic N) is 1. The summed E-state index contributed by atoms with van der Waals surface area (Å²) in [6.45, 7) is 0.201. The number of pyridine rings is 1. The smallest absolute Gasteiger partial charge is 0.273 e. The van der Waals surface area contributed by atoms with Gasteiger partial charge < -0.3 is 20.7 Å². The number of alkyl halides is 2. The van der Waals surface area contributed by atoms with Gasteiger partial charge in [-0.1, -0.05) is 48.5 Å². The highest BCUT2D eigenvalue weighted by atomic mass is 19.3. The number of phenolic OH excluding ortho intramolecular Hbond substituents is 1. The van der Waals surface area contributed by atoms with Crippen LogP contribution in [-0.4, -0.2) is 21.8 Å². The number of hydrogen-bond acceptors (Lipinski definition) is 5. The molecule has 0 bridgehead atoms. The van der Waals surface area contributed by atoms with Crippen LogP contribution in [0.1, 0.15) is 42.1 Å². The quantitative estimate of drug-likeness (QED) is 0.238. The fourth-order valence-electron chi connectivity index (χ4n) is 4.05. The Kier molecular flexibility index (Phi) is 7.46. The molecule has 4 aromatic rings. The number of aromatic nitrogens is 1. The first-order chi connectivity index (χ1) is 16.8. The molecule has 3 aromatic carbocycles. The summed E-state index contributed by atoms with van der Waals surface area (Å²) in [6.07, 6.45) is 0.303. The summed E-state index contributed by atoms with van der Waals surface area (Å²) in [5.74, 6) is -1.94. The Balaban J connectivity index is 1.27. The van der Waals surface area contributed by atoms with Gasteiger partial charge in [0.2, 0.25) is 0 Å². The van der Waals surface area contributed by atoms with Crippen molar-refractivity contribution >= 4 is 16.7 Å². The molecule has 1 aromatic heterocycles. The van der Waals surface area contributed by atoms with Gasteiger partial charge in [-0.15, -0.1) is 0 Å². The first-order valence-corrected chi connectivity index (χ1v) is 11.5. The first kappa shape index (κ1) is 24.4.